The Morgan fingerprint density at radius 3 is 2.43 bits per heavy atom. The molecular formula is C23H20N2O4S. The molecule has 1 aromatic heterocycles. The zero-order valence-corrected chi connectivity index (χ0v) is 17.6. The molecular weight excluding hydrogens is 400 g/mol. The third-order valence-electron chi connectivity index (χ3n) is 4.96. The summed E-state index contributed by atoms with van der Waals surface area (Å²) in [4.78, 5) is 31.0. The topological polar surface area (TPSA) is 69.9 Å². The second-order valence-electron chi connectivity index (χ2n) is 6.76. The van der Waals surface area contributed by atoms with Gasteiger partial charge >= 0.3 is 5.97 Å². The van der Waals surface area contributed by atoms with Gasteiger partial charge in [-0.3, -0.25) is 9.36 Å². The minimum absolute atomic E-state index is 0.197. The van der Waals surface area contributed by atoms with E-state index < -0.39 is 12.0 Å². The number of aromatic nitrogens is 1. The number of rotatable bonds is 4. The first-order valence-electron chi connectivity index (χ1n) is 9.33. The Hall–Kier alpha value is -3.45. The molecule has 2 aromatic carbocycles. The highest BCUT2D eigenvalue weighted by atomic mass is 32.1. The van der Waals surface area contributed by atoms with Gasteiger partial charge in [0.25, 0.3) is 5.56 Å². The van der Waals surface area contributed by atoms with E-state index in [1.54, 1.807) is 18.6 Å². The molecule has 2 heterocycles. The van der Waals surface area contributed by atoms with E-state index in [9.17, 15) is 9.59 Å². The maximum absolute atomic E-state index is 13.4. The average molecular weight is 420 g/mol. The van der Waals surface area contributed by atoms with Gasteiger partial charge in [-0.05, 0) is 36.3 Å². The van der Waals surface area contributed by atoms with Crippen LogP contribution in [0.2, 0.25) is 0 Å². The number of carbonyl (C=O) groups is 1. The Labute approximate surface area is 177 Å². The van der Waals surface area contributed by atoms with Crippen molar-refractivity contribution in [3.63, 3.8) is 0 Å². The fourth-order valence-corrected chi connectivity index (χ4v) is 4.54. The Balaban J connectivity index is 1.93. The molecule has 0 saturated heterocycles. The summed E-state index contributed by atoms with van der Waals surface area (Å²) in [5.74, 6) is 0.255. The molecule has 30 heavy (non-hydrogen) atoms. The highest BCUT2D eigenvalue weighted by molar-refractivity contribution is 7.07. The monoisotopic (exact) mass is 420 g/mol. The van der Waals surface area contributed by atoms with E-state index in [1.807, 2.05) is 60.7 Å². The lowest BCUT2D eigenvalue weighted by molar-refractivity contribution is -0.136. The van der Waals surface area contributed by atoms with Crippen LogP contribution in [0, 0.1) is 0 Å². The van der Waals surface area contributed by atoms with Gasteiger partial charge in [0, 0.05) is 0 Å². The van der Waals surface area contributed by atoms with Crippen molar-refractivity contribution >= 4 is 23.4 Å². The molecule has 1 aliphatic heterocycles. The van der Waals surface area contributed by atoms with Gasteiger partial charge in [0.05, 0.1) is 36.1 Å². The molecule has 0 saturated carbocycles. The van der Waals surface area contributed by atoms with Gasteiger partial charge in [-0.25, -0.2) is 9.79 Å². The van der Waals surface area contributed by atoms with E-state index in [0.29, 0.717) is 20.6 Å². The van der Waals surface area contributed by atoms with Crippen molar-refractivity contribution in [2.75, 3.05) is 14.2 Å². The van der Waals surface area contributed by atoms with Crippen LogP contribution in [0.25, 0.3) is 6.08 Å². The molecule has 3 aromatic rings. The molecule has 0 unspecified atom stereocenters. The number of hydrogen-bond donors (Lipinski definition) is 0. The summed E-state index contributed by atoms with van der Waals surface area (Å²) in [5.41, 5.74) is 2.42. The first-order chi connectivity index (χ1) is 14.5. The smallest absolute Gasteiger partial charge is 0.338 e. The quantitative estimate of drug-likeness (QED) is 0.608. The Bertz CT molecular complexity index is 1300. The molecule has 0 bridgehead atoms. The number of hydrogen-bond acceptors (Lipinski definition) is 6. The Kier molecular flexibility index (Phi) is 5.37. The number of nitrogens with zero attached hydrogens (tertiary/aromatic N) is 2. The van der Waals surface area contributed by atoms with E-state index in [0.717, 1.165) is 16.9 Å². The van der Waals surface area contributed by atoms with Crippen LogP contribution in [0.15, 0.2) is 75.7 Å². The first kappa shape index (κ1) is 19.8. The van der Waals surface area contributed by atoms with Crippen LogP contribution in [0.1, 0.15) is 24.1 Å². The van der Waals surface area contributed by atoms with E-state index in [-0.39, 0.29) is 5.56 Å². The SMILES string of the molecule is COC(=O)C1=C(C)N=c2s/c(=C/c3ccc(OC)cc3)c(=O)n2[C@H]1c1ccccc1. The van der Waals surface area contributed by atoms with E-state index in [4.69, 9.17) is 9.47 Å². The molecule has 0 amide bonds. The van der Waals surface area contributed by atoms with Crippen molar-refractivity contribution in [2.24, 2.45) is 4.99 Å². The van der Waals surface area contributed by atoms with Crippen molar-refractivity contribution in [1.82, 2.24) is 4.57 Å². The molecule has 1 aliphatic rings. The molecule has 6 nitrogen and oxygen atoms in total. The molecule has 0 fully saturated rings. The lowest BCUT2D eigenvalue weighted by Crippen LogP contribution is -2.39. The normalized spacial score (nSPS) is 16.1. The number of methoxy groups -OCH3 is 2. The number of esters is 1. The van der Waals surface area contributed by atoms with Crippen LogP contribution in [-0.4, -0.2) is 24.8 Å². The number of allylic oxidation sites excluding steroid dienone is 1. The fourth-order valence-electron chi connectivity index (χ4n) is 3.49. The lowest BCUT2D eigenvalue weighted by Gasteiger charge is -2.24. The minimum atomic E-state index is -0.590. The Morgan fingerprint density at radius 1 is 1.10 bits per heavy atom. The van der Waals surface area contributed by atoms with Gasteiger partial charge in [0.15, 0.2) is 4.80 Å². The summed E-state index contributed by atoms with van der Waals surface area (Å²) >= 11 is 1.30. The third kappa shape index (κ3) is 3.48. The van der Waals surface area contributed by atoms with Gasteiger partial charge in [-0.1, -0.05) is 53.8 Å². The summed E-state index contributed by atoms with van der Waals surface area (Å²) in [7, 11) is 2.94. The fraction of sp³-hybridized carbons (Fsp3) is 0.174. The van der Waals surface area contributed by atoms with Gasteiger partial charge < -0.3 is 9.47 Å². The van der Waals surface area contributed by atoms with Gasteiger partial charge in [0.2, 0.25) is 0 Å². The second-order valence-corrected chi connectivity index (χ2v) is 7.77. The summed E-state index contributed by atoms with van der Waals surface area (Å²) in [6.07, 6.45) is 1.82. The van der Waals surface area contributed by atoms with E-state index in [2.05, 4.69) is 4.99 Å². The number of ether oxygens (including phenoxy) is 2. The molecule has 0 radical (unpaired) electrons. The predicted octanol–water partition coefficient (Wildman–Crippen LogP) is 2.42. The van der Waals surface area contributed by atoms with E-state index >= 15 is 0 Å². The zero-order chi connectivity index (χ0) is 21.3. The van der Waals surface area contributed by atoms with Gasteiger partial charge in [0.1, 0.15) is 5.75 Å². The van der Waals surface area contributed by atoms with Gasteiger partial charge in [-0.15, -0.1) is 0 Å². The number of benzene rings is 2. The molecule has 0 N–H and O–H groups in total. The van der Waals surface area contributed by atoms with Crippen LogP contribution in [0.5, 0.6) is 5.75 Å². The highest BCUT2D eigenvalue weighted by Crippen LogP contribution is 2.30. The summed E-state index contributed by atoms with van der Waals surface area (Å²) < 4.78 is 12.3. The van der Waals surface area contributed by atoms with Crippen molar-refractivity contribution in [3.05, 3.63) is 96.7 Å². The third-order valence-corrected chi connectivity index (χ3v) is 5.94. The molecule has 152 valence electrons. The summed E-state index contributed by atoms with van der Waals surface area (Å²) in [6, 6.07) is 16.3. The minimum Gasteiger partial charge on any atom is -0.497 e. The lowest BCUT2D eigenvalue weighted by atomic mass is 9.96. The Morgan fingerprint density at radius 2 is 1.80 bits per heavy atom. The van der Waals surface area contributed by atoms with Crippen molar-refractivity contribution in [1.29, 1.82) is 0 Å². The van der Waals surface area contributed by atoms with Crippen molar-refractivity contribution in [3.8, 4) is 5.75 Å². The second kappa shape index (κ2) is 8.12. The van der Waals surface area contributed by atoms with Crippen LogP contribution in [-0.2, 0) is 9.53 Å². The van der Waals surface area contributed by atoms with Crippen molar-refractivity contribution in [2.45, 2.75) is 13.0 Å². The van der Waals surface area contributed by atoms with Crippen LogP contribution in [0.4, 0.5) is 0 Å². The van der Waals surface area contributed by atoms with E-state index in [1.165, 1.54) is 18.4 Å². The molecule has 0 aliphatic carbocycles. The number of thiazole rings is 1. The number of fused-ring (bicyclic) bond motifs is 1. The van der Waals surface area contributed by atoms with Crippen molar-refractivity contribution < 1.29 is 14.3 Å². The largest absolute Gasteiger partial charge is 0.497 e. The van der Waals surface area contributed by atoms with Crippen LogP contribution >= 0.6 is 11.3 Å². The first-order valence-corrected chi connectivity index (χ1v) is 10.1. The highest BCUT2D eigenvalue weighted by Gasteiger charge is 2.32. The van der Waals surface area contributed by atoms with Crippen LogP contribution < -0.4 is 19.6 Å². The molecule has 7 heteroatoms. The molecule has 0 spiro atoms. The standard InChI is InChI=1S/C23H20N2O4S/c1-14-19(22(27)29-3)20(16-7-5-4-6-8-16)25-21(26)18(30-23(25)24-14)13-15-9-11-17(28-2)12-10-15/h4-13,20H,1-3H3/b18-13+/t20-/m0/s1. The zero-order valence-electron chi connectivity index (χ0n) is 16.8. The molecule has 1 atom stereocenters. The maximum atomic E-state index is 13.4. The average Bonchev–Trinajstić information content (AvgIpc) is 3.08. The van der Waals surface area contributed by atoms with Crippen LogP contribution in [0.3, 0.4) is 0 Å². The molecule has 4 rings (SSSR count). The summed E-state index contributed by atoms with van der Waals surface area (Å²) in [6.45, 7) is 1.77. The number of carbonyl (C=O) groups excluding carboxylic acids is 1. The summed E-state index contributed by atoms with van der Waals surface area (Å²) in [5, 5.41) is 0. The maximum Gasteiger partial charge on any atom is 0.338 e. The predicted molar refractivity (Wildman–Crippen MR) is 115 cm³/mol. The van der Waals surface area contributed by atoms with Gasteiger partial charge in [-0.2, -0.15) is 0 Å².